The van der Waals surface area contributed by atoms with Crippen LogP contribution < -0.4 is 9.92 Å². The highest BCUT2D eigenvalue weighted by Gasteiger charge is 2.28. The molecule has 2 N–H and O–H groups in total. The summed E-state index contributed by atoms with van der Waals surface area (Å²) in [6.45, 7) is 1.66. The Bertz CT molecular complexity index is 1030. The topological polar surface area (TPSA) is 121 Å². The van der Waals surface area contributed by atoms with Crippen molar-refractivity contribution in [2.75, 3.05) is 19.3 Å². The molecule has 3 heterocycles. The summed E-state index contributed by atoms with van der Waals surface area (Å²) in [5.41, 5.74) is 7.50. The number of aromatic nitrogens is 1. The van der Waals surface area contributed by atoms with E-state index < -0.39 is 16.4 Å². The molecule has 1 saturated heterocycles. The van der Waals surface area contributed by atoms with Gasteiger partial charge < -0.3 is 24.3 Å². The second-order valence-corrected chi connectivity index (χ2v) is 9.81. The van der Waals surface area contributed by atoms with Crippen molar-refractivity contribution in [3.8, 4) is 5.75 Å². The maximum absolute atomic E-state index is 11.5. The van der Waals surface area contributed by atoms with Crippen molar-refractivity contribution in [2.24, 2.45) is 5.73 Å². The molecule has 2 aromatic rings. The van der Waals surface area contributed by atoms with Crippen LogP contribution in [0.4, 0.5) is 4.79 Å². The first kappa shape index (κ1) is 21.0. The number of hydrogen-bond acceptors (Lipinski definition) is 8. The van der Waals surface area contributed by atoms with E-state index in [0.717, 1.165) is 29.7 Å². The van der Waals surface area contributed by atoms with Gasteiger partial charge >= 0.3 is 16.1 Å². The number of amides is 2. The molecule has 2 amide bonds. The number of urea groups is 1. The van der Waals surface area contributed by atoms with Crippen molar-refractivity contribution in [2.45, 2.75) is 38.3 Å². The third kappa shape index (κ3) is 4.75. The minimum atomic E-state index is -3.65. The lowest BCUT2D eigenvalue weighted by Crippen LogP contribution is -2.41. The summed E-state index contributed by atoms with van der Waals surface area (Å²) in [5, 5.41) is 2.91. The summed E-state index contributed by atoms with van der Waals surface area (Å²) in [4.78, 5) is 17.7. The summed E-state index contributed by atoms with van der Waals surface area (Å²) in [6, 6.07) is 4.80. The lowest BCUT2D eigenvalue weighted by atomic mass is 9.98. The first-order chi connectivity index (χ1) is 14.3. The van der Waals surface area contributed by atoms with E-state index in [0.29, 0.717) is 24.3 Å². The second kappa shape index (κ2) is 8.50. The third-order valence-corrected chi connectivity index (χ3v) is 6.69. The molecule has 1 fully saturated rings. The molecular weight excluding hydrogens is 430 g/mol. The number of rotatable bonds is 4. The van der Waals surface area contributed by atoms with E-state index in [1.807, 2.05) is 11.4 Å². The van der Waals surface area contributed by atoms with Gasteiger partial charge in [0.1, 0.15) is 11.4 Å². The minimum absolute atomic E-state index is 0.148. The molecule has 30 heavy (non-hydrogen) atoms. The molecule has 1 atom stereocenters. The summed E-state index contributed by atoms with van der Waals surface area (Å²) in [7, 11) is -3.65. The molecule has 1 aromatic heterocycles. The Kier molecular flexibility index (Phi) is 5.96. The molecule has 11 heteroatoms. The fraction of sp³-hybridized carbons (Fsp3) is 0.474. The van der Waals surface area contributed by atoms with E-state index in [4.69, 9.17) is 24.4 Å². The summed E-state index contributed by atoms with van der Waals surface area (Å²) in [5.74, 6) is 0.525. The smallest absolute Gasteiger partial charge is 0.314 e. The van der Waals surface area contributed by atoms with E-state index in [1.54, 1.807) is 28.4 Å². The van der Waals surface area contributed by atoms with Gasteiger partial charge in [0.2, 0.25) is 6.29 Å². The van der Waals surface area contributed by atoms with Gasteiger partial charge in [0.15, 0.2) is 0 Å². The molecule has 0 spiro atoms. The number of nitrogens with two attached hydrogens (primary N) is 1. The number of primary amides is 1. The Hall–Kier alpha value is -2.21. The van der Waals surface area contributed by atoms with Crippen LogP contribution >= 0.6 is 11.3 Å². The fourth-order valence-corrected chi connectivity index (χ4v) is 5.11. The number of likely N-dealkylation sites (tertiary alicyclic amines) is 1. The van der Waals surface area contributed by atoms with Gasteiger partial charge in [0.25, 0.3) is 0 Å². The van der Waals surface area contributed by atoms with Crippen molar-refractivity contribution in [3.05, 3.63) is 45.4 Å². The molecule has 4 rings (SSSR count). The van der Waals surface area contributed by atoms with Crippen LogP contribution in [0.1, 0.15) is 46.9 Å². The highest BCUT2D eigenvalue weighted by molar-refractivity contribution is 7.86. The standard InChI is InChI=1S/C19H23N3O6S2/c1-30(24,25)28-16-4-2-3-13-9-26-18(27-10-14(13)16)15-11-29-17(21-15)12-5-7-22(8-6-12)19(20)23/h2-4,11-12,18H,5-10H2,1H3,(H2,20,23). The van der Waals surface area contributed by atoms with Crippen molar-refractivity contribution >= 4 is 27.5 Å². The van der Waals surface area contributed by atoms with Gasteiger partial charge in [-0.05, 0) is 24.5 Å². The van der Waals surface area contributed by atoms with Gasteiger partial charge in [0, 0.05) is 30.0 Å². The lowest BCUT2D eigenvalue weighted by molar-refractivity contribution is -0.155. The molecule has 0 bridgehead atoms. The second-order valence-electron chi connectivity index (χ2n) is 7.35. The number of ether oxygens (including phenoxy) is 2. The average molecular weight is 454 g/mol. The average Bonchev–Trinajstić information content (AvgIpc) is 3.08. The molecule has 0 saturated carbocycles. The first-order valence-corrected chi connectivity index (χ1v) is 12.2. The zero-order chi connectivity index (χ0) is 21.3. The molecule has 2 aliphatic rings. The summed E-state index contributed by atoms with van der Waals surface area (Å²) < 4.78 is 40.0. The molecule has 0 radical (unpaired) electrons. The zero-order valence-electron chi connectivity index (χ0n) is 16.4. The minimum Gasteiger partial charge on any atom is -0.382 e. The zero-order valence-corrected chi connectivity index (χ0v) is 18.1. The number of carbonyl (C=O) groups excluding carboxylic acids is 1. The maximum Gasteiger partial charge on any atom is 0.314 e. The number of nitrogens with zero attached hydrogens (tertiary/aromatic N) is 2. The van der Waals surface area contributed by atoms with E-state index in [9.17, 15) is 13.2 Å². The van der Waals surface area contributed by atoms with Gasteiger partial charge in [-0.3, -0.25) is 0 Å². The fourth-order valence-electron chi connectivity index (χ4n) is 3.64. The Morgan fingerprint density at radius 1 is 1.27 bits per heavy atom. The van der Waals surface area contributed by atoms with E-state index >= 15 is 0 Å². The highest BCUT2D eigenvalue weighted by atomic mass is 32.2. The molecule has 9 nitrogen and oxygen atoms in total. The quantitative estimate of drug-likeness (QED) is 0.706. The number of carbonyl (C=O) groups is 1. The SMILES string of the molecule is CS(=O)(=O)Oc1cccc2c1COC(c1csc(C3CCN(C(N)=O)CC3)n1)OC2. The monoisotopic (exact) mass is 453 g/mol. The molecule has 0 aliphatic carbocycles. The van der Waals surface area contributed by atoms with E-state index in [2.05, 4.69) is 0 Å². The predicted octanol–water partition coefficient (Wildman–Crippen LogP) is 2.49. The Morgan fingerprint density at radius 2 is 2.00 bits per heavy atom. The van der Waals surface area contributed by atoms with Gasteiger partial charge in [-0.1, -0.05) is 12.1 Å². The van der Waals surface area contributed by atoms with Crippen LogP contribution in [0.2, 0.25) is 0 Å². The molecule has 1 aromatic carbocycles. The van der Waals surface area contributed by atoms with Gasteiger partial charge in [0.05, 0.1) is 24.5 Å². The molecule has 2 aliphatic heterocycles. The maximum atomic E-state index is 11.5. The van der Waals surface area contributed by atoms with Gasteiger partial charge in [-0.2, -0.15) is 8.42 Å². The van der Waals surface area contributed by atoms with Crippen molar-refractivity contribution in [3.63, 3.8) is 0 Å². The van der Waals surface area contributed by atoms with Crippen LogP contribution in [-0.2, 0) is 32.8 Å². The van der Waals surface area contributed by atoms with E-state index in [-0.39, 0.29) is 30.9 Å². The van der Waals surface area contributed by atoms with Crippen molar-refractivity contribution < 1.29 is 26.9 Å². The number of hydrogen-bond donors (Lipinski definition) is 1. The van der Waals surface area contributed by atoms with Crippen LogP contribution in [0.3, 0.4) is 0 Å². The van der Waals surface area contributed by atoms with Gasteiger partial charge in [-0.25, -0.2) is 9.78 Å². The molecular formula is C19H23N3O6S2. The van der Waals surface area contributed by atoms with Crippen molar-refractivity contribution in [1.82, 2.24) is 9.88 Å². The Morgan fingerprint density at radius 3 is 2.70 bits per heavy atom. The van der Waals surface area contributed by atoms with Crippen LogP contribution in [0.15, 0.2) is 23.6 Å². The third-order valence-electron chi connectivity index (χ3n) is 5.18. The van der Waals surface area contributed by atoms with Gasteiger partial charge in [-0.15, -0.1) is 11.3 Å². The molecule has 162 valence electrons. The normalized spacial score (nSPS) is 20.4. The summed E-state index contributed by atoms with van der Waals surface area (Å²) >= 11 is 1.55. The number of benzene rings is 1. The molecule has 1 unspecified atom stereocenters. The van der Waals surface area contributed by atoms with Crippen molar-refractivity contribution in [1.29, 1.82) is 0 Å². The first-order valence-electron chi connectivity index (χ1n) is 9.53. The Labute approximate surface area is 178 Å². The van der Waals surface area contributed by atoms with Crippen LogP contribution in [0.5, 0.6) is 5.75 Å². The number of fused-ring (bicyclic) bond motifs is 1. The predicted molar refractivity (Wildman–Crippen MR) is 109 cm³/mol. The van der Waals surface area contributed by atoms with Crippen LogP contribution in [0.25, 0.3) is 0 Å². The number of thiazole rings is 1. The lowest BCUT2D eigenvalue weighted by Gasteiger charge is -2.29. The van der Waals surface area contributed by atoms with Crippen LogP contribution in [0, 0.1) is 0 Å². The van der Waals surface area contributed by atoms with Crippen LogP contribution in [-0.4, -0.2) is 43.7 Å². The highest BCUT2D eigenvalue weighted by Crippen LogP contribution is 2.35. The van der Waals surface area contributed by atoms with E-state index in [1.165, 1.54) is 0 Å². The largest absolute Gasteiger partial charge is 0.382 e. The number of piperidine rings is 1. The summed E-state index contributed by atoms with van der Waals surface area (Å²) in [6.07, 6.45) is 1.99. The Balaban J connectivity index is 1.45.